The highest BCUT2D eigenvalue weighted by Crippen LogP contribution is 2.38. The SMILES string of the molecule is COc1ccc(-n2c(CO[C@@H]3CCOC3)nnc2N2CC(c3ccc(F)cc3Cl)[C@@H](C)C2)cn1. The van der Waals surface area contributed by atoms with Crippen LogP contribution < -0.4 is 9.64 Å². The number of hydrogen-bond acceptors (Lipinski definition) is 7. The van der Waals surface area contributed by atoms with Crippen molar-refractivity contribution in [3.63, 3.8) is 0 Å². The Hall–Kier alpha value is -2.75. The molecule has 10 heteroatoms. The number of ether oxygens (including phenoxy) is 3. The van der Waals surface area contributed by atoms with E-state index < -0.39 is 0 Å². The fraction of sp³-hybridized carbons (Fsp3) is 0.458. The Morgan fingerprint density at radius 1 is 1.21 bits per heavy atom. The zero-order valence-corrected chi connectivity index (χ0v) is 19.9. The summed E-state index contributed by atoms with van der Waals surface area (Å²) in [6.45, 7) is 5.23. The van der Waals surface area contributed by atoms with Crippen LogP contribution in [0.1, 0.15) is 30.7 Å². The molecule has 2 fully saturated rings. The highest BCUT2D eigenvalue weighted by Gasteiger charge is 2.35. The summed E-state index contributed by atoms with van der Waals surface area (Å²) in [7, 11) is 1.58. The molecule has 2 aliphatic heterocycles. The molecule has 0 saturated carbocycles. The Kier molecular flexibility index (Phi) is 6.67. The Bertz CT molecular complexity index is 1140. The van der Waals surface area contributed by atoms with Crippen molar-refractivity contribution in [2.24, 2.45) is 5.92 Å². The molecule has 2 aliphatic rings. The maximum Gasteiger partial charge on any atom is 0.232 e. The minimum Gasteiger partial charge on any atom is -0.481 e. The van der Waals surface area contributed by atoms with E-state index in [2.05, 4.69) is 27.0 Å². The number of methoxy groups -OCH3 is 1. The van der Waals surface area contributed by atoms with Gasteiger partial charge in [0.25, 0.3) is 0 Å². The number of rotatable bonds is 7. The van der Waals surface area contributed by atoms with Crippen LogP contribution in [0.15, 0.2) is 36.5 Å². The van der Waals surface area contributed by atoms with E-state index in [1.54, 1.807) is 19.4 Å². The number of anilines is 1. The number of pyridine rings is 1. The average molecular weight is 488 g/mol. The normalized spacial score (nSPS) is 22.5. The maximum atomic E-state index is 13.6. The van der Waals surface area contributed by atoms with Gasteiger partial charge in [-0.05, 0) is 36.1 Å². The minimum atomic E-state index is -0.333. The molecule has 0 bridgehead atoms. The highest BCUT2D eigenvalue weighted by molar-refractivity contribution is 6.31. The molecule has 8 nitrogen and oxygen atoms in total. The summed E-state index contributed by atoms with van der Waals surface area (Å²) in [6.07, 6.45) is 2.66. The lowest BCUT2D eigenvalue weighted by Crippen LogP contribution is -2.24. The number of benzene rings is 1. The summed E-state index contributed by atoms with van der Waals surface area (Å²) in [6, 6.07) is 8.35. The molecule has 34 heavy (non-hydrogen) atoms. The van der Waals surface area contributed by atoms with Crippen LogP contribution in [0.3, 0.4) is 0 Å². The second-order valence-corrected chi connectivity index (χ2v) is 9.17. The highest BCUT2D eigenvalue weighted by atomic mass is 35.5. The quantitative estimate of drug-likeness (QED) is 0.498. The molecule has 2 aromatic heterocycles. The van der Waals surface area contributed by atoms with Gasteiger partial charge in [-0.2, -0.15) is 0 Å². The third-order valence-electron chi connectivity index (χ3n) is 6.49. The molecule has 0 amide bonds. The van der Waals surface area contributed by atoms with Gasteiger partial charge in [0.05, 0.1) is 31.7 Å². The Morgan fingerprint density at radius 2 is 2.09 bits per heavy atom. The Labute approximate surface area is 202 Å². The summed E-state index contributed by atoms with van der Waals surface area (Å²) in [4.78, 5) is 6.55. The summed E-state index contributed by atoms with van der Waals surface area (Å²) >= 11 is 6.39. The minimum absolute atomic E-state index is 0.0550. The average Bonchev–Trinajstić information content (AvgIpc) is 3.58. The first-order chi connectivity index (χ1) is 16.5. The summed E-state index contributed by atoms with van der Waals surface area (Å²) in [5, 5.41) is 9.45. The van der Waals surface area contributed by atoms with E-state index in [-0.39, 0.29) is 23.8 Å². The van der Waals surface area contributed by atoms with Crippen molar-refractivity contribution >= 4 is 17.5 Å². The largest absolute Gasteiger partial charge is 0.481 e. The number of hydrogen-bond donors (Lipinski definition) is 0. The smallest absolute Gasteiger partial charge is 0.232 e. The molecule has 4 heterocycles. The molecule has 1 aromatic carbocycles. The molecular weight excluding hydrogens is 461 g/mol. The van der Waals surface area contributed by atoms with E-state index in [0.29, 0.717) is 49.0 Å². The Morgan fingerprint density at radius 3 is 2.79 bits per heavy atom. The van der Waals surface area contributed by atoms with Gasteiger partial charge in [-0.3, -0.25) is 4.57 Å². The van der Waals surface area contributed by atoms with E-state index in [9.17, 15) is 4.39 Å². The van der Waals surface area contributed by atoms with Crippen LogP contribution in [0.2, 0.25) is 5.02 Å². The van der Waals surface area contributed by atoms with Gasteiger partial charge in [-0.1, -0.05) is 24.6 Å². The molecule has 0 radical (unpaired) electrons. The number of halogens is 2. The lowest BCUT2D eigenvalue weighted by atomic mass is 9.90. The zero-order valence-electron chi connectivity index (χ0n) is 19.2. The zero-order chi connectivity index (χ0) is 23.7. The lowest BCUT2D eigenvalue weighted by Gasteiger charge is -2.20. The van der Waals surface area contributed by atoms with Gasteiger partial charge in [-0.15, -0.1) is 10.2 Å². The van der Waals surface area contributed by atoms with Crippen LogP contribution in [0.4, 0.5) is 10.3 Å². The van der Waals surface area contributed by atoms with Gasteiger partial charge in [0.15, 0.2) is 5.82 Å². The van der Waals surface area contributed by atoms with Crippen molar-refractivity contribution in [2.45, 2.75) is 32.0 Å². The predicted molar refractivity (Wildman–Crippen MR) is 125 cm³/mol. The molecular formula is C24H27ClFN5O3. The van der Waals surface area contributed by atoms with Gasteiger partial charge < -0.3 is 19.1 Å². The monoisotopic (exact) mass is 487 g/mol. The van der Waals surface area contributed by atoms with Gasteiger partial charge in [-0.25, -0.2) is 9.37 Å². The van der Waals surface area contributed by atoms with E-state index in [4.69, 9.17) is 25.8 Å². The molecule has 3 atom stereocenters. The lowest BCUT2D eigenvalue weighted by molar-refractivity contribution is 0.0277. The Balaban J connectivity index is 1.45. The molecule has 0 N–H and O–H groups in total. The number of aromatic nitrogens is 4. The molecule has 5 rings (SSSR count). The molecule has 3 aromatic rings. The van der Waals surface area contributed by atoms with Crippen LogP contribution in [0, 0.1) is 11.7 Å². The first kappa shape index (κ1) is 23.0. The van der Waals surface area contributed by atoms with Crippen LogP contribution in [-0.2, 0) is 16.1 Å². The van der Waals surface area contributed by atoms with Crippen LogP contribution in [0.25, 0.3) is 5.69 Å². The van der Waals surface area contributed by atoms with Crippen molar-refractivity contribution in [3.05, 3.63) is 58.8 Å². The molecule has 2 saturated heterocycles. The van der Waals surface area contributed by atoms with E-state index in [0.717, 1.165) is 24.2 Å². The van der Waals surface area contributed by atoms with Crippen molar-refractivity contribution in [2.75, 3.05) is 38.3 Å². The van der Waals surface area contributed by atoms with Gasteiger partial charge in [0.2, 0.25) is 11.8 Å². The fourth-order valence-corrected chi connectivity index (χ4v) is 4.98. The fourth-order valence-electron chi connectivity index (χ4n) is 4.67. The summed E-state index contributed by atoms with van der Waals surface area (Å²) < 4.78 is 32.3. The summed E-state index contributed by atoms with van der Waals surface area (Å²) in [5.41, 5.74) is 1.76. The van der Waals surface area contributed by atoms with Crippen LogP contribution in [0.5, 0.6) is 5.88 Å². The number of nitrogens with zero attached hydrogens (tertiary/aromatic N) is 5. The second-order valence-electron chi connectivity index (χ2n) is 8.76. The van der Waals surface area contributed by atoms with Crippen LogP contribution >= 0.6 is 11.6 Å². The second kappa shape index (κ2) is 9.85. The molecule has 0 aliphatic carbocycles. The van der Waals surface area contributed by atoms with Crippen molar-refractivity contribution < 1.29 is 18.6 Å². The van der Waals surface area contributed by atoms with Crippen molar-refractivity contribution in [3.8, 4) is 11.6 Å². The van der Waals surface area contributed by atoms with Gasteiger partial charge in [0.1, 0.15) is 12.4 Å². The van der Waals surface area contributed by atoms with E-state index in [1.165, 1.54) is 12.1 Å². The van der Waals surface area contributed by atoms with E-state index >= 15 is 0 Å². The first-order valence-corrected chi connectivity index (χ1v) is 11.7. The van der Waals surface area contributed by atoms with Crippen molar-refractivity contribution in [1.82, 2.24) is 19.7 Å². The van der Waals surface area contributed by atoms with Crippen LogP contribution in [-0.4, -0.2) is 59.3 Å². The molecule has 1 unspecified atom stereocenters. The molecule has 180 valence electrons. The predicted octanol–water partition coefficient (Wildman–Crippen LogP) is 4.01. The van der Waals surface area contributed by atoms with Gasteiger partial charge in [0, 0.05) is 36.7 Å². The summed E-state index contributed by atoms with van der Waals surface area (Å²) in [5.74, 6) is 2.02. The van der Waals surface area contributed by atoms with E-state index in [1.807, 2.05) is 16.7 Å². The van der Waals surface area contributed by atoms with Gasteiger partial charge >= 0.3 is 0 Å². The topological polar surface area (TPSA) is 74.5 Å². The van der Waals surface area contributed by atoms with Crippen molar-refractivity contribution in [1.29, 1.82) is 0 Å². The first-order valence-electron chi connectivity index (χ1n) is 11.4. The molecule has 0 spiro atoms. The standard InChI is InChI=1S/C24H27ClFN5O3/c1-15-11-30(12-20(15)19-5-3-16(26)9-21(19)25)24-29-28-22(14-34-18-7-8-33-13-18)31(24)17-4-6-23(32-2)27-10-17/h3-6,9-10,15,18,20H,7-8,11-14H2,1-2H3/t15-,18+,20?/m0/s1. The maximum absolute atomic E-state index is 13.6. The third-order valence-corrected chi connectivity index (χ3v) is 6.82. The third kappa shape index (κ3) is 4.60.